The molecule has 0 radical (unpaired) electrons. The van der Waals surface area contributed by atoms with Crippen molar-refractivity contribution in [1.82, 2.24) is 0 Å². The standard InChI is InChI=1S/C37H60N4O8/c1-37(2,29-15-19-33(20-16-29)48-27-31(44)25-40(3,4)38-35(46)13-9-7-11-23-42)30-17-21-34(22-18-30)49-28-32(45)26-41(5,6)39-36(47)14-10-8-12-24-43/h15-22,31-32,42-45H,7-14,23-28H2,1-6H3. The summed E-state index contributed by atoms with van der Waals surface area (Å²) in [6.07, 6.45) is 3.29. The maximum atomic E-state index is 12.2. The van der Waals surface area contributed by atoms with Crippen LogP contribution in [0, 0.1) is 0 Å². The Morgan fingerprint density at radius 2 is 0.980 bits per heavy atom. The van der Waals surface area contributed by atoms with Gasteiger partial charge in [-0.3, -0.25) is 0 Å². The van der Waals surface area contributed by atoms with E-state index in [1.165, 1.54) is 0 Å². The van der Waals surface area contributed by atoms with Crippen LogP contribution in [-0.2, 0) is 5.41 Å². The number of ether oxygens (including phenoxy) is 2. The van der Waals surface area contributed by atoms with Crippen LogP contribution in [-0.4, -0.2) is 121 Å². The van der Waals surface area contributed by atoms with Crippen molar-refractivity contribution in [1.29, 1.82) is 0 Å². The molecule has 0 fully saturated rings. The summed E-state index contributed by atoms with van der Waals surface area (Å²) in [5.41, 5.74) is 1.83. The third-order valence-electron chi connectivity index (χ3n) is 8.21. The highest BCUT2D eigenvalue weighted by Crippen LogP contribution is 2.33. The number of rotatable bonds is 24. The van der Waals surface area contributed by atoms with Crippen LogP contribution in [0.3, 0.4) is 0 Å². The third kappa shape index (κ3) is 16.3. The molecule has 0 saturated carbocycles. The number of aliphatic hydroxyl groups excluding tert-OH is 4. The van der Waals surface area contributed by atoms with Crippen molar-refractivity contribution < 1.29 is 49.3 Å². The highest BCUT2D eigenvalue weighted by atomic mass is 16.5. The summed E-state index contributed by atoms with van der Waals surface area (Å²) in [6.45, 7) is 5.09. The molecule has 2 atom stereocenters. The lowest BCUT2D eigenvalue weighted by molar-refractivity contribution is -0.901. The summed E-state index contributed by atoms with van der Waals surface area (Å²) in [7, 11) is 7.06. The SMILES string of the molecule is CC(C)(c1ccc(OCC(O)C[N+](C)(C)N=C([O-])CCCCCO)cc1)c1ccc(OCC(O)C[N+](C)(C)N=C([O-])CCCCCO)cc1. The van der Waals surface area contributed by atoms with E-state index in [4.69, 9.17) is 19.7 Å². The molecule has 0 aliphatic heterocycles. The summed E-state index contributed by atoms with van der Waals surface area (Å²) in [5.74, 6) is 0.823. The summed E-state index contributed by atoms with van der Waals surface area (Å²) >= 11 is 0. The molecule has 276 valence electrons. The number of nitrogens with zero attached hydrogens (tertiary/aromatic N) is 4. The van der Waals surface area contributed by atoms with E-state index in [1.54, 1.807) is 28.2 Å². The Morgan fingerprint density at radius 1 is 0.633 bits per heavy atom. The highest BCUT2D eigenvalue weighted by molar-refractivity contribution is 5.70. The fourth-order valence-corrected chi connectivity index (χ4v) is 5.54. The lowest BCUT2D eigenvalue weighted by Gasteiger charge is -2.28. The molecule has 12 heteroatoms. The van der Waals surface area contributed by atoms with Crippen LogP contribution in [0.15, 0.2) is 58.7 Å². The molecular formula is C37H60N4O8. The molecular weight excluding hydrogens is 628 g/mol. The summed E-state index contributed by atoms with van der Waals surface area (Å²) in [4.78, 5) is 0. The Kier molecular flexibility index (Phi) is 17.5. The zero-order valence-electron chi connectivity index (χ0n) is 30.4. The van der Waals surface area contributed by atoms with Gasteiger partial charge in [0.1, 0.15) is 50.0 Å². The largest absolute Gasteiger partial charge is 0.858 e. The van der Waals surface area contributed by atoms with Crippen molar-refractivity contribution >= 4 is 11.8 Å². The first-order chi connectivity index (χ1) is 23.1. The van der Waals surface area contributed by atoms with Crippen molar-refractivity contribution in [3.05, 3.63) is 59.7 Å². The van der Waals surface area contributed by atoms with Crippen LogP contribution in [0.25, 0.3) is 0 Å². The quantitative estimate of drug-likeness (QED) is 0.0427. The monoisotopic (exact) mass is 688 g/mol. The highest BCUT2D eigenvalue weighted by Gasteiger charge is 2.25. The van der Waals surface area contributed by atoms with E-state index in [2.05, 4.69) is 24.1 Å². The van der Waals surface area contributed by atoms with E-state index in [-0.39, 0.29) is 65.9 Å². The maximum Gasteiger partial charge on any atom is 0.139 e. The Balaban J connectivity index is 1.86. The molecule has 2 aromatic carbocycles. The summed E-state index contributed by atoms with van der Waals surface area (Å²) < 4.78 is 11.7. The Hall–Kier alpha value is -3.26. The summed E-state index contributed by atoms with van der Waals surface area (Å²) in [5, 5.41) is 71.6. The van der Waals surface area contributed by atoms with Crippen LogP contribution in [0.1, 0.15) is 76.3 Å². The first kappa shape index (κ1) is 41.9. The van der Waals surface area contributed by atoms with Crippen molar-refractivity contribution in [3.8, 4) is 11.5 Å². The minimum absolute atomic E-state index is 0.00450. The Labute approximate surface area is 292 Å². The predicted octanol–water partition coefficient (Wildman–Crippen LogP) is 2.10. The second kappa shape index (κ2) is 20.4. The van der Waals surface area contributed by atoms with E-state index < -0.39 is 12.2 Å². The fourth-order valence-electron chi connectivity index (χ4n) is 5.54. The van der Waals surface area contributed by atoms with Crippen molar-refractivity contribution in [2.45, 2.75) is 82.8 Å². The van der Waals surface area contributed by atoms with Gasteiger partial charge < -0.3 is 40.1 Å². The van der Waals surface area contributed by atoms with Crippen molar-refractivity contribution in [2.24, 2.45) is 10.2 Å². The van der Waals surface area contributed by atoms with Crippen molar-refractivity contribution in [3.63, 3.8) is 0 Å². The van der Waals surface area contributed by atoms with Crippen LogP contribution >= 0.6 is 0 Å². The van der Waals surface area contributed by atoms with E-state index in [0.29, 0.717) is 50.0 Å². The van der Waals surface area contributed by atoms with Crippen molar-refractivity contribution in [2.75, 3.05) is 67.7 Å². The first-order valence-electron chi connectivity index (χ1n) is 17.3. The van der Waals surface area contributed by atoms with Crippen LogP contribution in [0.2, 0.25) is 0 Å². The van der Waals surface area contributed by atoms with Gasteiger partial charge in [-0.2, -0.15) is 0 Å². The predicted molar refractivity (Wildman–Crippen MR) is 188 cm³/mol. The zero-order valence-corrected chi connectivity index (χ0v) is 30.4. The smallest absolute Gasteiger partial charge is 0.139 e. The molecule has 12 nitrogen and oxygen atoms in total. The molecule has 0 aliphatic carbocycles. The first-order valence-corrected chi connectivity index (χ1v) is 17.3. The molecule has 0 amide bonds. The van der Waals surface area contributed by atoms with Gasteiger partial charge in [-0.1, -0.05) is 51.0 Å². The fraction of sp³-hybridized carbons (Fsp3) is 0.622. The maximum absolute atomic E-state index is 12.2. The normalized spacial score (nSPS) is 14.5. The molecule has 0 aromatic heterocycles. The molecule has 0 heterocycles. The molecule has 49 heavy (non-hydrogen) atoms. The van der Waals surface area contributed by atoms with Gasteiger partial charge in [-0.05, 0) is 73.9 Å². The number of unbranched alkanes of at least 4 members (excludes halogenated alkanes) is 4. The minimum atomic E-state index is -0.818. The molecule has 4 N–H and O–H groups in total. The average molecular weight is 689 g/mol. The lowest BCUT2D eigenvalue weighted by atomic mass is 9.78. The number of hydrogen-bond donors (Lipinski definition) is 4. The molecule has 0 spiro atoms. The topological polar surface area (TPSA) is 170 Å². The van der Waals surface area contributed by atoms with E-state index >= 15 is 0 Å². The lowest BCUT2D eigenvalue weighted by Crippen LogP contribution is -2.44. The zero-order chi connectivity index (χ0) is 36.5. The third-order valence-corrected chi connectivity index (χ3v) is 8.21. The number of likely N-dealkylation sites (N-methyl/N-ethyl adjacent to an activating group) is 2. The van der Waals surface area contributed by atoms with Gasteiger partial charge >= 0.3 is 0 Å². The Morgan fingerprint density at radius 3 is 1.31 bits per heavy atom. The molecule has 0 bridgehead atoms. The minimum Gasteiger partial charge on any atom is -0.858 e. The number of quaternary nitrogens is 2. The Bertz CT molecular complexity index is 1180. The van der Waals surface area contributed by atoms with Crippen LogP contribution < -0.4 is 19.7 Å². The van der Waals surface area contributed by atoms with Crippen LogP contribution in [0.5, 0.6) is 11.5 Å². The molecule has 2 aromatic rings. The molecule has 2 unspecified atom stereocenters. The van der Waals surface area contributed by atoms with Gasteiger partial charge in [0.2, 0.25) is 0 Å². The van der Waals surface area contributed by atoms with Gasteiger partial charge in [0, 0.05) is 30.4 Å². The van der Waals surface area contributed by atoms with E-state index in [0.717, 1.165) is 24.0 Å². The van der Waals surface area contributed by atoms with Gasteiger partial charge in [0.05, 0.1) is 28.2 Å². The second-order valence-corrected chi connectivity index (χ2v) is 14.3. The van der Waals surface area contributed by atoms with E-state index in [1.807, 2.05) is 48.5 Å². The van der Waals surface area contributed by atoms with Gasteiger partial charge in [-0.15, -0.1) is 10.2 Å². The van der Waals surface area contributed by atoms with Gasteiger partial charge in [0.25, 0.3) is 0 Å². The van der Waals surface area contributed by atoms with Crippen LogP contribution in [0.4, 0.5) is 0 Å². The number of benzene rings is 2. The molecule has 2 rings (SSSR count). The number of aliphatic hydroxyl groups is 4. The molecule has 0 aliphatic rings. The van der Waals surface area contributed by atoms with Gasteiger partial charge in [0.15, 0.2) is 0 Å². The molecule has 0 saturated heterocycles. The second-order valence-electron chi connectivity index (χ2n) is 14.3. The number of hydrogen-bond acceptors (Lipinski definition) is 10. The van der Waals surface area contributed by atoms with E-state index in [9.17, 15) is 20.4 Å². The summed E-state index contributed by atoms with van der Waals surface area (Å²) in [6, 6.07) is 15.5. The average Bonchev–Trinajstić information content (AvgIpc) is 3.02. The van der Waals surface area contributed by atoms with Gasteiger partial charge in [-0.25, -0.2) is 9.18 Å².